The minimum Gasteiger partial charge on any atom is -0.249 e. The first kappa shape index (κ1) is 10.4. The zero-order valence-electron chi connectivity index (χ0n) is 9.16. The molecule has 2 aromatic rings. The second-order valence-corrected chi connectivity index (χ2v) is 4.88. The van der Waals surface area contributed by atoms with Crippen LogP contribution in [-0.2, 0) is 12.8 Å². The first-order valence-corrected chi connectivity index (χ1v) is 6.09. The average molecular weight is 217 g/mol. The molecule has 0 atom stereocenters. The maximum atomic E-state index is 4.44. The standard InChI is InChI=1S/C13H15NS/c1-3-12-9-14-13(15-12)8-11-7-5-4-6-10(11)2/h4-7,9H,3,8H2,1-2H3. The van der Waals surface area contributed by atoms with Crippen molar-refractivity contribution in [3.8, 4) is 0 Å². The highest BCUT2D eigenvalue weighted by Gasteiger charge is 2.03. The molecule has 0 amide bonds. The fraction of sp³-hybridized carbons (Fsp3) is 0.308. The van der Waals surface area contributed by atoms with E-state index in [4.69, 9.17) is 0 Å². The van der Waals surface area contributed by atoms with E-state index in [2.05, 4.69) is 43.1 Å². The van der Waals surface area contributed by atoms with Gasteiger partial charge in [-0.25, -0.2) is 4.98 Å². The highest BCUT2D eigenvalue weighted by molar-refractivity contribution is 7.11. The predicted molar refractivity (Wildman–Crippen MR) is 65.5 cm³/mol. The molecule has 0 aliphatic rings. The van der Waals surface area contributed by atoms with Crippen molar-refractivity contribution in [3.05, 3.63) is 51.5 Å². The third kappa shape index (κ3) is 2.45. The van der Waals surface area contributed by atoms with Crippen molar-refractivity contribution in [1.82, 2.24) is 4.98 Å². The third-order valence-electron chi connectivity index (χ3n) is 2.55. The third-order valence-corrected chi connectivity index (χ3v) is 3.69. The highest BCUT2D eigenvalue weighted by Crippen LogP contribution is 2.18. The van der Waals surface area contributed by atoms with E-state index in [1.807, 2.05) is 17.5 Å². The maximum Gasteiger partial charge on any atom is 0.0971 e. The number of rotatable bonds is 3. The van der Waals surface area contributed by atoms with Crippen molar-refractivity contribution in [3.63, 3.8) is 0 Å². The number of hydrogen-bond donors (Lipinski definition) is 0. The first-order chi connectivity index (χ1) is 7.29. The molecule has 0 saturated heterocycles. The lowest BCUT2D eigenvalue weighted by atomic mass is 10.1. The summed E-state index contributed by atoms with van der Waals surface area (Å²) in [5.41, 5.74) is 2.74. The van der Waals surface area contributed by atoms with Crippen LogP contribution in [0, 0.1) is 6.92 Å². The molecule has 0 radical (unpaired) electrons. The van der Waals surface area contributed by atoms with Gasteiger partial charge in [0.05, 0.1) is 5.01 Å². The fourth-order valence-corrected chi connectivity index (χ4v) is 2.45. The summed E-state index contributed by atoms with van der Waals surface area (Å²) in [5.74, 6) is 0. The molecule has 1 aromatic heterocycles. The Balaban J connectivity index is 2.18. The van der Waals surface area contributed by atoms with Crippen LogP contribution >= 0.6 is 11.3 Å². The zero-order valence-corrected chi connectivity index (χ0v) is 9.97. The molecule has 1 heterocycles. The van der Waals surface area contributed by atoms with Gasteiger partial charge in [0.15, 0.2) is 0 Å². The Kier molecular flexibility index (Phi) is 3.17. The SMILES string of the molecule is CCc1cnc(Cc2ccccc2C)s1. The van der Waals surface area contributed by atoms with Crippen LogP contribution in [0.5, 0.6) is 0 Å². The molecule has 0 fully saturated rings. The summed E-state index contributed by atoms with van der Waals surface area (Å²) in [5, 5.41) is 1.22. The van der Waals surface area contributed by atoms with E-state index in [0.29, 0.717) is 0 Å². The summed E-state index contributed by atoms with van der Waals surface area (Å²) < 4.78 is 0. The molecule has 15 heavy (non-hydrogen) atoms. The summed E-state index contributed by atoms with van der Waals surface area (Å²) in [6.45, 7) is 4.33. The van der Waals surface area contributed by atoms with Crippen LogP contribution in [-0.4, -0.2) is 4.98 Å². The van der Waals surface area contributed by atoms with Crippen LogP contribution in [0.2, 0.25) is 0 Å². The summed E-state index contributed by atoms with van der Waals surface area (Å²) >= 11 is 1.83. The molecule has 2 rings (SSSR count). The first-order valence-electron chi connectivity index (χ1n) is 5.27. The van der Waals surface area contributed by atoms with E-state index in [-0.39, 0.29) is 0 Å². The van der Waals surface area contributed by atoms with Gasteiger partial charge in [0.2, 0.25) is 0 Å². The Morgan fingerprint density at radius 2 is 2.07 bits per heavy atom. The van der Waals surface area contributed by atoms with E-state index in [0.717, 1.165) is 12.8 Å². The van der Waals surface area contributed by atoms with Crippen LogP contribution in [0.4, 0.5) is 0 Å². The van der Waals surface area contributed by atoms with Crippen molar-refractivity contribution in [2.24, 2.45) is 0 Å². The lowest BCUT2D eigenvalue weighted by Gasteiger charge is -2.01. The van der Waals surface area contributed by atoms with Crippen LogP contribution in [0.1, 0.15) is 27.9 Å². The van der Waals surface area contributed by atoms with E-state index in [1.54, 1.807) is 0 Å². The summed E-state index contributed by atoms with van der Waals surface area (Å²) in [6, 6.07) is 8.51. The number of nitrogens with zero attached hydrogens (tertiary/aromatic N) is 1. The van der Waals surface area contributed by atoms with E-state index < -0.39 is 0 Å². The lowest BCUT2D eigenvalue weighted by Crippen LogP contribution is -1.89. The normalized spacial score (nSPS) is 10.5. The van der Waals surface area contributed by atoms with Gasteiger partial charge in [-0.05, 0) is 24.5 Å². The smallest absolute Gasteiger partial charge is 0.0971 e. The number of aromatic nitrogens is 1. The van der Waals surface area contributed by atoms with Gasteiger partial charge in [0.1, 0.15) is 0 Å². The van der Waals surface area contributed by atoms with Gasteiger partial charge in [-0.15, -0.1) is 11.3 Å². The molecule has 0 aliphatic heterocycles. The second-order valence-electron chi connectivity index (χ2n) is 3.68. The molecule has 0 N–H and O–H groups in total. The molecule has 0 unspecified atom stereocenters. The molecule has 0 bridgehead atoms. The van der Waals surface area contributed by atoms with E-state index >= 15 is 0 Å². The predicted octanol–water partition coefficient (Wildman–Crippen LogP) is 3.60. The molecule has 78 valence electrons. The quantitative estimate of drug-likeness (QED) is 0.765. The number of aryl methyl sites for hydroxylation is 2. The van der Waals surface area contributed by atoms with Crippen molar-refractivity contribution in [1.29, 1.82) is 0 Å². The molecule has 0 saturated carbocycles. The molecule has 0 spiro atoms. The monoisotopic (exact) mass is 217 g/mol. The molecule has 1 aromatic carbocycles. The van der Waals surface area contributed by atoms with E-state index in [9.17, 15) is 0 Å². The van der Waals surface area contributed by atoms with E-state index in [1.165, 1.54) is 21.0 Å². The van der Waals surface area contributed by atoms with Crippen LogP contribution < -0.4 is 0 Å². The van der Waals surface area contributed by atoms with Crippen molar-refractivity contribution in [2.45, 2.75) is 26.7 Å². The van der Waals surface area contributed by atoms with Gasteiger partial charge in [-0.1, -0.05) is 31.2 Å². The Bertz CT molecular complexity index is 445. The summed E-state index contributed by atoms with van der Waals surface area (Å²) in [4.78, 5) is 5.82. The average Bonchev–Trinajstić information content (AvgIpc) is 2.69. The van der Waals surface area contributed by atoms with Gasteiger partial charge in [0.25, 0.3) is 0 Å². The maximum absolute atomic E-state index is 4.44. The lowest BCUT2D eigenvalue weighted by molar-refractivity contribution is 1.10. The Morgan fingerprint density at radius 3 is 2.73 bits per heavy atom. The molecular weight excluding hydrogens is 202 g/mol. The summed E-state index contributed by atoms with van der Waals surface area (Å²) in [6.07, 6.45) is 4.06. The molecular formula is C13H15NS. The Morgan fingerprint density at radius 1 is 1.27 bits per heavy atom. The van der Waals surface area contributed by atoms with Gasteiger partial charge >= 0.3 is 0 Å². The fourth-order valence-electron chi connectivity index (χ4n) is 1.56. The van der Waals surface area contributed by atoms with Gasteiger partial charge < -0.3 is 0 Å². The number of hydrogen-bond acceptors (Lipinski definition) is 2. The summed E-state index contributed by atoms with van der Waals surface area (Å²) in [7, 11) is 0. The Labute approximate surface area is 94.8 Å². The Hall–Kier alpha value is -1.15. The largest absolute Gasteiger partial charge is 0.249 e. The molecule has 0 aliphatic carbocycles. The van der Waals surface area contributed by atoms with Gasteiger partial charge in [0, 0.05) is 17.5 Å². The molecule has 1 nitrogen and oxygen atoms in total. The van der Waals surface area contributed by atoms with Crippen LogP contribution in [0.15, 0.2) is 30.5 Å². The number of thiazole rings is 1. The topological polar surface area (TPSA) is 12.9 Å². The van der Waals surface area contributed by atoms with Gasteiger partial charge in [-0.3, -0.25) is 0 Å². The minimum absolute atomic E-state index is 0.970. The van der Waals surface area contributed by atoms with Crippen molar-refractivity contribution < 1.29 is 0 Å². The minimum atomic E-state index is 0.970. The van der Waals surface area contributed by atoms with Crippen LogP contribution in [0.3, 0.4) is 0 Å². The zero-order chi connectivity index (χ0) is 10.7. The highest BCUT2D eigenvalue weighted by atomic mass is 32.1. The van der Waals surface area contributed by atoms with Gasteiger partial charge in [-0.2, -0.15) is 0 Å². The van der Waals surface area contributed by atoms with Crippen LogP contribution in [0.25, 0.3) is 0 Å². The number of benzene rings is 1. The van der Waals surface area contributed by atoms with Crippen molar-refractivity contribution >= 4 is 11.3 Å². The molecule has 2 heteroatoms. The second kappa shape index (κ2) is 4.58. The van der Waals surface area contributed by atoms with Crippen molar-refractivity contribution in [2.75, 3.05) is 0 Å².